The fraction of sp³-hybridized carbons (Fsp3) is 0.316. The standard InChI is InChI=1S/C19H22ClNO3/c1-2-14-7-5-8-15(13-14)18-16(20)9-6-10-17(18)24-19(23)21-11-3-4-12-22/h5-10,13,22H,2-4,11-12H2,1H3,(H,21,23). The minimum atomic E-state index is -0.525. The molecule has 0 saturated heterocycles. The predicted octanol–water partition coefficient (Wildman–Crippen LogP) is 4.43. The van der Waals surface area contributed by atoms with Gasteiger partial charge in [0.25, 0.3) is 0 Å². The Morgan fingerprint density at radius 3 is 2.75 bits per heavy atom. The van der Waals surface area contributed by atoms with Crippen LogP contribution in [-0.2, 0) is 6.42 Å². The SMILES string of the molecule is CCc1cccc(-c2c(Cl)cccc2OC(=O)NCCCCO)c1. The van der Waals surface area contributed by atoms with Gasteiger partial charge in [-0.15, -0.1) is 0 Å². The summed E-state index contributed by atoms with van der Waals surface area (Å²) < 4.78 is 5.44. The molecule has 0 radical (unpaired) electrons. The second kappa shape index (κ2) is 9.30. The average molecular weight is 348 g/mol. The van der Waals surface area contributed by atoms with Gasteiger partial charge in [0.2, 0.25) is 0 Å². The van der Waals surface area contributed by atoms with Gasteiger partial charge in [-0.25, -0.2) is 4.79 Å². The number of hydrogen-bond donors (Lipinski definition) is 2. The maximum Gasteiger partial charge on any atom is 0.412 e. The van der Waals surface area contributed by atoms with E-state index in [2.05, 4.69) is 18.3 Å². The molecule has 0 aliphatic heterocycles. The molecule has 0 aromatic heterocycles. The van der Waals surface area contributed by atoms with Crippen molar-refractivity contribution in [3.8, 4) is 16.9 Å². The summed E-state index contributed by atoms with van der Waals surface area (Å²) in [4.78, 5) is 12.0. The number of benzene rings is 2. The highest BCUT2D eigenvalue weighted by atomic mass is 35.5. The number of aryl methyl sites for hydroxylation is 1. The van der Waals surface area contributed by atoms with Crippen LogP contribution in [0.4, 0.5) is 4.79 Å². The van der Waals surface area contributed by atoms with Gasteiger partial charge in [-0.1, -0.05) is 48.9 Å². The third-order valence-electron chi connectivity index (χ3n) is 3.66. The monoisotopic (exact) mass is 347 g/mol. The van der Waals surface area contributed by atoms with Crippen LogP contribution in [0, 0.1) is 0 Å². The van der Waals surface area contributed by atoms with Gasteiger partial charge in [-0.05, 0) is 42.5 Å². The van der Waals surface area contributed by atoms with E-state index in [-0.39, 0.29) is 6.61 Å². The zero-order valence-electron chi connectivity index (χ0n) is 13.7. The van der Waals surface area contributed by atoms with E-state index in [9.17, 15) is 4.79 Å². The Morgan fingerprint density at radius 2 is 2.00 bits per heavy atom. The number of carbonyl (C=O) groups is 1. The molecule has 0 atom stereocenters. The normalized spacial score (nSPS) is 10.5. The number of amides is 1. The van der Waals surface area contributed by atoms with Gasteiger partial charge in [0.1, 0.15) is 5.75 Å². The molecule has 1 amide bonds. The minimum absolute atomic E-state index is 0.114. The summed E-state index contributed by atoms with van der Waals surface area (Å²) in [5.74, 6) is 0.426. The molecule has 0 heterocycles. The summed E-state index contributed by atoms with van der Waals surface area (Å²) in [7, 11) is 0. The summed E-state index contributed by atoms with van der Waals surface area (Å²) in [6, 6.07) is 13.3. The number of halogens is 1. The lowest BCUT2D eigenvalue weighted by atomic mass is 10.0. The quantitative estimate of drug-likeness (QED) is 0.728. The number of rotatable bonds is 7. The number of aliphatic hydroxyl groups is 1. The molecule has 0 saturated carbocycles. The smallest absolute Gasteiger partial charge is 0.410 e. The van der Waals surface area contributed by atoms with Crippen molar-refractivity contribution < 1.29 is 14.6 Å². The van der Waals surface area contributed by atoms with Crippen molar-refractivity contribution in [2.75, 3.05) is 13.2 Å². The fourth-order valence-corrected chi connectivity index (χ4v) is 2.65. The van der Waals surface area contributed by atoms with Crippen LogP contribution in [0.1, 0.15) is 25.3 Å². The van der Waals surface area contributed by atoms with Crippen LogP contribution >= 0.6 is 11.6 Å². The van der Waals surface area contributed by atoms with Crippen LogP contribution in [0.5, 0.6) is 5.75 Å². The van der Waals surface area contributed by atoms with Crippen molar-refractivity contribution in [3.63, 3.8) is 0 Å². The highest BCUT2D eigenvalue weighted by Crippen LogP contribution is 2.37. The zero-order valence-corrected chi connectivity index (χ0v) is 14.5. The van der Waals surface area contributed by atoms with Crippen molar-refractivity contribution in [2.24, 2.45) is 0 Å². The van der Waals surface area contributed by atoms with Gasteiger partial charge < -0.3 is 15.2 Å². The van der Waals surface area contributed by atoms with Gasteiger partial charge in [0, 0.05) is 18.7 Å². The molecule has 0 aliphatic carbocycles. The fourth-order valence-electron chi connectivity index (χ4n) is 2.38. The van der Waals surface area contributed by atoms with Crippen molar-refractivity contribution >= 4 is 17.7 Å². The highest BCUT2D eigenvalue weighted by molar-refractivity contribution is 6.33. The van der Waals surface area contributed by atoms with Gasteiger partial charge in [-0.3, -0.25) is 0 Å². The summed E-state index contributed by atoms with van der Waals surface area (Å²) in [6.07, 6.45) is 1.74. The predicted molar refractivity (Wildman–Crippen MR) is 96.6 cm³/mol. The van der Waals surface area contributed by atoms with E-state index in [4.69, 9.17) is 21.4 Å². The number of hydrogen-bond acceptors (Lipinski definition) is 3. The van der Waals surface area contributed by atoms with E-state index in [0.29, 0.717) is 35.7 Å². The van der Waals surface area contributed by atoms with Crippen LogP contribution in [0.3, 0.4) is 0 Å². The first-order chi connectivity index (χ1) is 11.7. The highest BCUT2D eigenvalue weighted by Gasteiger charge is 2.14. The second-order valence-corrected chi connectivity index (χ2v) is 5.82. The summed E-state index contributed by atoms with van der Waals surface area (Å²) >= 11 is 6.35. The number of unbranched alkanes of at least 4 members (excludes halogenated alkanes) is 1. The number of aliphatic hydroxyl groups excluding tert-OH is 1. The second-order valence-electron chi connectivity index (χ2n) is 5.41. The Hall–Kier alpha value is -2.04. The lowest BCUT2D eigenvalue weighted by molar-refractivity contribution is 0.200. The summed E-state index contributed by atoms with van der Waals surface area (Å²) in [5.41, 5.74) is 2.81. The molecule has 24 heavy (non-hydrogen) atoms. The van der Waals surface area contributed by atoms with E-state index < -0.39 is 6.09 Å². The summed E-state index contributed by atoms with van der Waals surface area (Å²) in [5, 5.41) is 12.0. The third kappa shape index (κ3) is 4.98. The van der Waals surface area contributed by atoms with Crippen molar-refractivity contribution in [3.05, 3.63) is 53.1 Å². The third-order valence-corrected chi connectivity index (χ3v) is 3.97. The molecule has 5 heteroatoms. The van der Waals surface area contributed by atoms with Gasteiger partial charge in [0.15, 0.2) is 0 Å². The minimum Gasteiger partial charge on any atom is -0.410 e. The molecule has 0 unspecified atom stereocenters. The number of nitrogens with one attached hydrogen (secondary N) is 1. The maximum atomic E-state index is 12.0. The number of carbonyl (C=O) groups excluding carboxylic acids is 1. The Kier molecular flexibility index (Phi) is 7.09. The Labute approximate surface area is 147 Å². The van der Waals surface area contributed by atoms with Crippen LogP contribution in [0.15, 0.2) is 42.5 Å². The van der Waals surface area contributed by atoms with Crippen LogP contribution in [0.2, 0.25) is 5.02 Å². The van der Waals surface area contributed by atoms with E-state index in [0.717, 1.165) is 12.0 Å². The van der Waals surface area contributed by atoms with E-state index in [1.165, 1.54) is 5.56 Å². The van der Waals surface area contributed by atoms with E-state index in [1.54, 1.807) is 18.2 Å². The molecule has 0 spiro atoms. The molecule has 0 aliphatic rings. The van der Waals surface area contributed by atoms with Gasteiger partial charge in [-0.2, -0.15) is 0 Å². The first-order valence-electron chi connectivity index (χ1n) is 8.10. The van der Waals surface area contributed by atoms with Crippen molar-refractivity contribution in [1.82, 2.24) is 5.32 Å². The average Bonchev–Trinajstić information content (AvgIpc) is 2.59. The molecule has 0 fully saturated rings. The lowest BCUT2D eigenvalue weighted by Gasteiger charge is -2.13. The van der Waals surface area contributed by atoms with E-state index >= 15 is 0 Å². The topological polar surface area (TPSA) is 58.6 Å². The van der Waals surface area contributed by atoms with Crippen LogP contribution in [-0.4, -0.2) is 24.4 Å². The van der Waals surface area contributed by atoms with E-state index in [1.807, 2.05) is 18.2 Å². The molecular weight excluding hydrogens is 326 g/mol. The zero-order chi connectivity index (χ0) is 17.4. The van der Waals surface area contributed by atoms with Crippen molar-refractivity contribution in [1.29, 1.82) is 0 Å². The first-order valence-corrected chi connectivity index (χ1v) is 8.48. The molecule has 0 bridgehead atoms. The molecule has 2 aromatic carbocycles. The lowest BCUT2D eigenvalue weighted by Crippen LogP contribution is -2.28. The Balaban J connectivity index is 2.19. The Bertz CT molecular complexity index is 688. The van der Waals surface area contributed by atoms with Crippen LogP contribution < -0.4 is 10.1 Å². The Morgan fingerprint density at radius 1 is 1.21 bits per heavy atom. The number of ether oxygens (including phenoxy) is 1. The maximum absolute atomic E-state index is 12.0. The molecule has 2 N–H and O–H groups in total. The van der Waals surface area contributed by atoms with Crippen LogP contribution in [0.25, 0.3) is 11.1 Å². The molecular formula is C19H22ClNO3. The molecule has 4 nitrogen and oxygen atoms in total. The summed E-state index contributed by atoms with van der Waals surface area (Å²) in [6.45, 7) is 2.66. The van der Waals surface area contributed by atoms with Gasteiger partial charge in [0.05, 0.1) is 5.02 Å². The first kappa shape index (κ1) is 18.3. The molecule has 128 valence electrons. The van der Waals surface area contributed by atoms with Gasteiger partial charge >= 0.3 is 6.09 Å². The molecule has 2 rings (SSSR count). The van der Waals surface area contributed by atoms with Crippen molar-refractivity contribution in [2.45, 2.75) is 26.2 Å². The molecule has 2 aromatic rings. The largest absolute Gasteiger partial charge is 0.412 e.